The van der Waals surface area contributed by atoms with E-state index in [2.05, 4.69) is 43.9 Å². The lowest BCUT2D eigenvalue weighted by Crippen LogP contribution is -2.49. The molecule has 1 aliphatic heterocycles. The van der Waals surface area contributed by atoms with Crippen molar-refractivity contribution in [1.29, 1.82) is 0 Å². The first-order chi connectivity index (χ1) is 8.58. The number of aryl methyl sites for hydroxylation is 1. The van der Waals surface area contributed by atoms with E-state index < -0.39 is 0 Å². The minimum Gasteiger partial charge on any atom is -0.469 e. The average molecular weight is 267 g/mol. The fraction of sp³-hybridized carbons (Fsp3) is 0.733. The van der Waals surface area contributed by atoms with Crippen molar-refractivity contribution in [3.8, 4) is 0 Å². The molecule has 2 nitrogen and oxygen atoms in total. The maximum absolute atomic E-state index is 5.38. The maximum Gasteiger partial charge on any atom is 0.103 e. The predicted molar refractivity (Wildman–Crippen MR) is 79.1 cm³/mol. The van der Waals surface area contributed by atoms with E-state index in [9.17, 15) is 0 Å². The van der Waals surface area contributed by atoms with Gasteiger partial charge in [-0.05, 0) is 43.1 Å². The third-order valence-electron chi connectivity index (χ3n) is 4.01. The van der Waals surface area contributed by atoms with E-state index >= 15 is 0 Å². The molecule has 1 N–H and O–H groups in total. The summed E-state index contributed by atoms with van der Waals surface area (Å²) in [6.45, 7) is 7.07. The van der Waals surface area contributed by atoms with Gasteiger partial charge in [0.1, 0.15) is 5.76 Å². The Morgan fingerprint density at radius 1 is 1.56 bits per heavy atom. The molecular formula is C15H25NOS. The fourth-order valence-corrected chi connectivity index (χ4v) is 4.07. The van der Waals surface area contributed by atoms with E-state index in [-0.39, 0.29) is 0 Å². The van der Waals surface area contributed by atoms with Gasteiger partial charge in [0, 0.05) is 24.3 Å². The predicted octanol–water partition coefficient (Wildman–Crippen LogP) is 3.72. The summed E-state index contributed by atoms with van der Waals surface area (Å²) in [5.74, 6) is 3.66. The highest BCUT2D eigenvalue weighted by Crippen LogP contribution is 2.34. The zero-order valence-electron chi connectivity index (χ0n) is 11.7. The zero-order valence-corrected chi connectivity index (χ0v) is 12.6. The van der Waals surface area contributed by atoms with Crippen LogP contribution in [0.3, 0.4) is 0 Å². The summed E-state index contributed by atoms with van der Waals surface area (Å²) in [6, 6.07) is 5.22. The number of hydrogen-bond donors (Lipinski definition) is 1. The Morgan fingerprint density at radius 2 is 2.39 bits per heavy atom. The monoisotopic (exact) mass is 267 g/mol. The molecule has 1 aromatic rings. The lowest BCUT2D eigenvalue weighted by Gasteiger charge is -2.40. The van der Waals surface area contributed by atoms with Crippen LogP contribution in [0.25, 0.3) is 0 Å². The molecule has 3 heteroatoms. The molecule has 0 amide bonds. The number of hydrogen-bond acceptors (Lipinski definition) is 3. The molecule has 1 saturated heterocycles. The van der Waals surface area contributed by atoms with Crippen LogP contribution in [0, 0.1) is 5.41 Å². The molecule has 0 aromatic carbocycles. The van der Waals surface area contributed by atoms with Gasteiger partial charge in [0.05, 0.1) is 6.26 Å². The van der Waals surface area contributed by atoms with Crippen LogP contribution in [-0.2, 0) is 6.42 Å². The van der Waals surface area contributed by atoms with E-state index in [1.54, 1.807) is 6.26 Å². The molecule has 18 heavy (non-hydrogen) atoms. The van der Waals surface area contributed by atoms with Crippen molar-refractivity contribution in [2.75, 3.05) is 11.5 Å². The van der Waals surface area contributed by atoms with Gasteiger partial charge in [-0.25, -0.2) is 0 Å². The molecular weight excluding hydrogens is 242 g/mol. The van der Waals surface area contributed by atoms with Gasteiger partial charge in [-0.2, -0.15) is 11.8 Å². The van der Waals surface area contributed by atoms with Crippen molar-refractivity contribution in [1.82, 2.24) is 5.32 Å². The van der Waals surface area contributed by atoms with Crippen LogP contribution in [0.4, 0.5) is 0 Å². The lowest BCUT2D eigenvalue weighted by molar-refractivity contribution is 0.227. The molecule has 0 bridgehead atoms. The second-order valence-corrected chi connectivity index (χ2v) is 7.20. The molecule has 2 rings (SSSR count). The number of rotatable bonds is 5. The van der Waals surface area contributed by atoms with E-state index in [1.807, 2.05) is 6.07 Å². The van der Waals surface area contributed by atoms with Gasteiger partial charge in [-0.1, -0.05) is 13.8 Å². The normalized spacial score (nSPS) is 24.9. The number of thioether (sulfide) groups is 1. The Balaban J connectivity index is 1.77. The molecule has 2 heterocycles. The third kappa shape index (κ3) is 3.79. The van der Waals surface area contributed by atoms with E-state index in [4.69, 9.17) is 4.42 Å². The van der Waals surface area contributed by atoms with Crippen LogP contribution in [0.5, 0.6) is 0 Å². The van der Waals surface area contributed by atoms with Crippen LogP contribution < -0.4 is 5.32 Å². The topological polar surface area (TPSA) is 25.2 Å². The van der Waals surface area contributed by atoms with Gasteiger partial charge in [-0.15, -0.1) is 0 Å². The highest BCUT2D eigenvalue weighted by molar-refractivity contribution is 7.99. The molecule has 0 radical (unpaired) electrons. The molecule has 1 aromatic heterocycles. The highest BCUT2D eigenvalue weighted by Gasteiger charge is 2.32. The van der Waals surface area contributed by atoms with Crippen molar-refractivity contribution < 1.29 is 4.42 Å². The summed E-state index contributed by atoms with van der Waals surface area (Å²) in [5.41, 5.74) is 0.435. The largest absolute Gasteiger partial charge is 0.469 e. The first kappa shape index (κ1) is 14.0. The van der Waals surface area contributed by atoms with Crippen molar-refractivity contribution in [2.45, 2.75) is 52.1 Å². The van der Waals surface area contributed by atoms with Crippen LogP contribution >= 0.6 is 11.8 Å². The maximum atomic E-state index is 5.38. The SMILES string of the molecule is CC(CCc1ccco1)NC1CSCCC1(C)C. The van der Waals surface area contributed by atoms with Crippen molar-refractivity contribution in [2.24, 2.45) is 5.41 Å². The summed E-state index contributed by atoms with van der Waals surface area (Å²) in [6.07, 6.45) is 5.25. The first-order valence-corrected chi connectivity index (χ1v) is 8.09. The third-order valence-corrected chi connectivity index (χ3v) is 5.07. The summed E-state index contributed by atoms with van der Waals surface area (Å²) >= 11 is 2.08. The van der Waals surface area contributed by atoms with Gasteiger partial charge >= 0.3 is 0 Å². The van der Waals surface area contributed by atoms with Gasteiger partial charge in [-0.3, -0.25) is 0 Å². The highest BCUT2D eigenvalue weighted by atomic mass is 32.2. The quantitative estimate of drug-likeness (QED) is 0.880. The van der Waals surface area contributed by atoms with Gasteiger partial charge in [0.15, 0.2) is 0 Å². The molecule has 2 unspecified atom stereocenters. The number of furan rings is 1. The molecule has 0 spiro atoms. The molecule has 102 valence electrons. The Morgan fingerprint density at radius 3 is 3.06 bits per heavy atom. The van der Waals surface area contributed by atoms with Crippen molar-refractivity contribution >= 4 is 11.8 Å². The lowest BCUT2D eigenvalue weighted by atomic mass is 9.82. The summed E-state index contributed by atoms with van der Waals surface area (Å²) < 4.78 is 5.38. The molecule has 0 aliphatic carbocycles. The number of nitrogens with one attached hydrogen (secondary N) is 1. The second-order valence-electron chi connectivity index (χ2n) is 6.05. The van der Waals surface area contributed by atoms with Crippen molar-refractivity contribution in [3.63, 3.8) is 0 Å². The smallest absolute Gasteiger partial charge is 0.103 e. The van der Waals surface area contributed by atoms with Gasteiger partial charge in [0.2, 0.25) is 0 Å². The molecule has 1 aliphatic rings. The summed E-state index contributed by atoms with van der Waals surface area (Å²) in [4.78, 5) is 0. The zero-order chi connectivity index (χ0) is 13.0. The minimum absolute atomic E-state index is 0.435. The van der Waals surface area contributed by atoms with Crippen LogP contribution in [0.2, 0.25) is 0 Å². The second kappa shape index (κ2) is 6.16. The molecule has 1 fully saturated rings. The fourth-order valence-electron chi connectivity index (χ4n) is 2.45. The van der Waals surface area contributed by atoms with Crippen LogP contribution in [0.15, 0.2) is 22.8 Å². The van der Waals surface area contributed by atoms with Gasteiger partial charge < -0.3 is 9.73 Å². The first-order valence-electron chi connectivity index (χ1n) is 6.94. The Labute approximate surface area is 115 Å². The minimum atomic E-state index is 0.435. The van der Waals surface area contributed by atoms with E-state index in [1.165, 1.54) is 17.9 Å². The summed E-state index contributed by atoms with van der Waals surface area (Å²) in [5, 5.41) is 3.81. The molecule has 2 atom stereocenters. The van der Waals surface area contributed by atoms with E-state index in [0.29, 0.717) is 17.5 Å². The molecule has 0 saturated carbocycles. The Bertz CT molecular complexity index is 347. The Kier molecular flexibility index (Phi) is 4.79. The van der Waals surface area contributed by atoms with Crippen LogP contribution in [0.1, 0.15) is 39.4 Å². The van der Waals surface area contributed by atoms with Crippen LogP contribution in [-0.4, -0.2) is 23.6 Å². The average Bonchev–Trinajstić information content (AvgIpc) is 2.82. The van der Waals surface area contributed by atoms with E-state index in [0.717, 1.165) is 18.6 Å². The van der Waals surface area contributed by atoms with Gasteiger partial charge in [0.25, 0.3) is 0 Å². The standard InChI is InChI=1S/C15H25NOS/c1-12(6-7-13-5-4-9-17-13)16-14-11-18-10-8-15(14,2)3/h4-5,9,12,14,16H,6-8,10-11H2,1-3H3. The van der Waals surface area contributed by atoms with Crippen molar-refractivity contribution in [3.05, 3.63) is 24.2 Å². The Hall–Kier alpha value is -0.410. The summed E-state index contributed by atoms with van der Waals surface area (Å²) in [7, 11) is 0.